The van der Waals surface area contributed by atoms with Crippen molar-refractivity contribution in [1.29, 1.82) is 0 Å². The van der Waals surface area contributed by atoms with E-state index in [0.717, 1.165) is 22.3 Å². The Bertz CT molecular complexity index is 1160. The molecule has 6 heteroatoms. The number of fused-ring (bicyclic) bond motifs is 1. The predicted octanol–water partition coefficient (Wildman–Crippen LogP) is 4.02. The first kappa shape index (κ1) is 20.0. The SMILES string of the molecule is O=C(O)C(=O)C1=C(CO)N=C2CC=C(c3ccc(Cl)cc3)C(Cc3ccccc3)=C21. The van der Waals surface area contributed by atoms with Crippen LogP contribution in [0.15, 0.2) is 88.1 Å². The molecular weight excluding hydrogens is 402 g/mol. The molecule has 0 aromatic heterocycles. The summed E-state index contributed by atoms with van der Waals surface area (Å²) in [6.45, 7) is -0.504. The fourth-order valence-corrected chi connectivity index (χ4v) is 3.99. The van der Waals surface area contributed by atoms with E-state index in [4.69, 9.17) is 11.6 Å². The third kappa shape index (κ3) is 3.65. The molecule has 4 rings (SSSR count). The van der Waals surface area contributed by atoms with Crippen LogP contribution >= 0.6 is 11.6 Å². The zero-order valence-corrected chi connectivity index (χ0v) is 16.7. The van der Waals surface area contributed by atoms with Crippen molar-refractivity contribution in [3.05, 3.63) is 99.2 Å². The van der Waals surface area contributed by atoms with E-state index in [1.807, 2.05) is 48.5 Å². The van der Waals surface area contributed by atoms with E-state index < -0.39 is 18.4 Å². The molecule has 0 saturated heterocycles. The molecule has 1 heterocycles. The minimum absolute atomic E-state index is 0.0227. The summed E-state index contributed by atoms with van der Waals surface area (Å²) in [5, 5.41) is 19.7. The molecule has 2 N–H and O–H groups in total. The molecule has 2 aliphatic rings. The van der Waals surface area contributed by atoms with Gasteiger partial charge in [0.05, 0.1) is 23.6 Å². The van der Waals surface area contributed by atoms with Gasteiger partial charge in [-0.2, -0.15) is 0 Å². The number of carbonyl (C=O) groups is 2. The molecule has 30 heavy (non-hydrogen) atoms. The minimum atomic E-state index is -1.57. The first-order chi connectivity index (χ1) is 14.5. The number of carboxylic acids is 1. The van der Waals surface area contributed by atoms with Crippen LogP contribution in [0.25, 0.3) is 5.57 Å². The number of carboxylic acid groups (broad SMARTS) is 1. The van der Waals surface area contributed by atoms with Gasteiger partial charge in [-0.05, 0) is 40.8 Å². The Hall–Kier alpha value is -3.28. The molecule has 2 aromatic rings. The highest BCUT2D eigenvalue weighted by Gasteiger charge is 2.36. The average Bonchev–Trinajstić information content (AvgIpc) is 3.14. The van der Waals surface area contributed by atoms with Crippen molar-refractivity contribution in [2.24, 2.45) is 4.99 Å². The van der Waals surface area contributed by atoms with Crippen molar-refractivity contribution >= 4 is 34.6 Å². The third-order valence-electron chi connectivity index (χ3n) is 5.17. The highest BCUT2D eigenvalue weighted by molar-refractivity contribution is 6.44. The number of ketones is 1. The molecule has 0 amide bonds. The average molecular weight is 420 g/mol. The second kappa shape index (κ2) is 8.22. The van der Waals surface area contributed by atoms with E-state index in [2.05, 4.69) is 4.99 Å². The van der Waals surface area contributed by atoms with Crippen LogP contribution in [-0.4, -0.2) is 34.3 Å². The Balaban J connectivity index is 1.93. The highest BCUT2D eigenvalue weighted by atomic mass is 35.5. The molecule has 0 unspecified atom stereocenters. The lowest BCUT2D eigenvalue weighted by atomic mass is 9.79. The summed E-state index contributed by atoms with van der Waals surface area (Å²) in [4.78, 5) is 28.4. The Labute approximate surface area is 178 Å². The Morgan fingerprint density at radius 1 is 1.03 bits per heavy atom. The summed E-state index contributed by atoms with van der Waals surface area (Å²) >= 11 is 6.05. The van der Waals surface area contributed by atoms with Crippen LogP contribution in [0.1, 0.15) is 17.5 Å². The molecule has 0 spiro atoms. The lowest BCUT2D eigenvalue weighted by Crippen LogP contribution is -2.21. The molecule has 0 bridgehead atoms. The summed E-state index contributed by atoms with van der Waals surface area (Å²) in [6.07, 6.45) is 2.94. The van der Waals surface area contributed by atoms with Crippen LogP contribution in [0, 0.1) is 0 Å². The van der Waals surface area contributed by atoms with Gasteiger partial charge in [0.1, 0.15) is 0 Å². The van der Waals surface area contributed by atoms with Crippen LogP contribution in [0.2, 0.25) is 5.02 Å². The lowest BCUT2D eigenvalue weighted by molar-refractivity contribution is -0.147. The second-order valence-corrected chi connectivity index (χ2v) is 7.45. The summed E-state index contributed by atoms with van der Waals surface area (Å²) < 4.78 is 0. The van der Waals surface area contributed by atoms with Gasteiger partial charge in [0.25, 0.3) is 5.78 Å². The van der Waals surface area contributed by atoms with Crippen molar-refractivity contribution < 1.29 is 19.8 Å². The van der Waals surface area contributed by atoms with Crippen molar-refractivity contribution in [2.75, 3.05) is 6.61 Å². The Kier molecular flexibility index (Phi) is 5.48. The first-order valence-corrected chi connectivity index (χ1v) is 9.81. The van der Waals surface area contributed by atoms with Gasteiger partial charge in [0.15, 0.2) is 0 Å². The van der Waals surface area contributed by atoms with Gasteiger partial charge < -0.3 is 10.2 Å². The minimum Gasteiger partial charge on any atom is -0.475 e. The molecule has 1 aliphatic carbocycles. The summed E-state index contributed by atoms with van der Waals surface area (Å²) in [6, 6.07) is 17.1. The van der Waals surface area contributed by atoms with Gasteiger partial charge in [0, 0.05) is 17.0 Å². The first-order valence-electron chi connectivity index (χ1n) is 9.43. The number of nitrogens with zero attached hydrogens (tertiary/aromatic N) is 1. The van der Waals surface area contributed by atoms with Crippen LogP contribution < -0.4 is 0 Å². The number of rotatable bonds is 6. The number of benzene rings is 2. The van der Waals surface area contributed by atoms with E-state index in [-0.39, 0.29) is 11.3 Å². The summed E-state index contributed by atoms with van der Waals surface area (Å²) in [5.74, 6) is -2.63. The number of aliphatic carboxylic acids is 1. The second-order valence-electron chi connectivity index (χ2n) is 7.02. The summed E-state index contributed by atoms with van der Waals surface area (Å²) in [7, 11) is 0. The number of carbonyl (C=O) groups excluding carboxylic acids is 1. The number of aliphatic imine (C=N–C) groups is 1. The van der Waals surface area contributed by atoms with Crippen LogP contribution in [-0.2, 0) is 16.0 Å². The van der Waals surface area contributed by atoms with Gasteiger partial charge in [0.2, 0.25) is 0 Å². The van der Waals surface area contributed by atoms with E-state index in [1.54, 1.807) is 12.1 Å². The number of aliphatic hydroxyl groups is 1. The maximum absolute atomic E-state index is 12.5. The maximum atomic E-state index is 12.5. The zero-order valence-electron chi connectivity index (χ0n) is 15.9. The van der Waals surface area contributed by atoms with Gasteiger partial charge in [-0.25, -0.2) is 4.79 Å². The fourth-order valence-electron chi connectivity index (χ4n) is 3.86. The maximum Gasteiger partial charge on any atom is 0.377 e. The molecule has 0 atom stereocenters. The smallest absolute Gasteiger partial charge is 0.377 e. The number of hydrogen-bond donors (Lipinski definition) is 2. The van der Waals surface area contributed by atoms with Gasteiger partial charge >= 0.3 is 5.97 Å². The van der Waals surface area contributed by atoms with E-state index in [1.165, 1.54) is 0 Å². The fraction of sp³-hybridized carbons (Fsp3) is 0.125. The molecule has 1 aliphatic heterocycles. The number of allylic oxidation sites excluding steroid dienone is 4. The van der Waals surface area contributed by atoms with E-state index in [0.29, 0.717) is 29.1 Å². The molecule has 2 aromatic carbocycles. The number of hydrogen-bond acceptors (Lipinski definition) is 4. The van der Waals surface area contributed by atoms with Crippen molar-refractivity contribution in [3.8, 4) is 0 Å². The molecule has 0 radical (unpaired) electrons. The lowest BCUT2D eigenvalue weighted by Gasteiger charge is -2.23. The third-order valence-corrected chi connectivity index (χ3v) is 5.43. The van der Waals surface area contributed by atoms with Crippen LogP contribution in [0.5, 0.6) is 0 Å². The predicted molar refractivity (Wildman–Crippen MR) is 115 cm³/mol. The molecule has 0 saturated carbocycles. The monoisotopic (exact) mass is 419 g/mol. The Morgan fingerprint density at radius 3 is 2.37 bits per heavy atom. The molecule has 150 valence electrons. The number of aliphatic hydroxyl groups excluding tert-OH is 1. The van der Waals surface area contributed by atoms with Crippen molar-refractivity contribution in [1.82, 2.24) is 0 Å². The van der Waals surface area contributed by atoms with Gasteiger partial charge in [-0.3, -0.25) is 9.79 Å². The Morgan fingerprint density at radius 2 is 1.73 bits per heavy atom. The largest absolute Gasteiger partial charge is 0.475 e. The van der Waals surface area contributed by atoms with E-state index >= 15 is 0 Å². The molecular formula is C24H18ClNO4. The van der Waals surface area contributed by atoms with Crippen molar-refractivity contribution in [2.45, 2.75) is 12.8 Å². The molecule has 5 nitrogen and oxygen atoms in total. The van der Waals surface area contributed by atoms with Crippen LogP contribution in [0.3, 0.4) is 0 Å². The quantitative estimate of drug-likeness (QED) is 0.692. The number of Topliss-reactive ketones (excluding diaryl/α,β-unsaturated/α-hetero) is 1. The number of halogens is 1. The zero-order chi connectivity index (χ0) is 21.3. The van der Waals surface area contributed by atoms with Crippen molar-refractivity contribution in [3.63, 3.8) is 0 Å². The highest BCUT2D eigenvalue weighted by Crippen LogP contribution is 2.41. The molecule has 0 fully saturated rings. The summed E-state index contributed by atoms with van der Waals surface area (Å²) in [5.41, 5.74) is 4.84. The van der Waals surface area contributed by atoms with E-state index in [9.17, 15) is 19.8 Å². The standard InChI is InChI=1S/C24H18ClNO4/c25-16-8-6-15(7-9-16)17-10-11-19-21(18(17)12-14-4-2-1-3-5-14)22(20(13-27)26-19)23(28)24(29)30/h1-10,27H,11-13H2,(H,29,30). The topological polar surface area (TPSA) is 87.0 Å². The normalized spacial score (nSPS) is 15.7. The van der Waals surface area contributed by atoms with Crippen LogP contribution in [0.4, 0.5) is 0 Å². The van der Waals surface area contributed by atoms with Gasteiger partial charge in [-0.15, -0.1) is 0 Å². The van der Waals surface area contributed by atoms with Gasteiger partial charge in [-0.1, -0.05) is 60.1 Å².